The molecule has 2 atom stereocenters. The fourth-order valence-electron chi connectivity index (χ4n) is 4.27. The zero-order valence-corrected chi connectivity index (χ0v) is 18.9. The highest BCUT2D eigenvalue weighted by atomic mass is 35.5. The smallest absolute Gasteiger partial charge is 0.256 e. The highest BCUT2D eigenvalue weighted by molar-refractivity contribution is 6.33. The summed E-state index contributed by atoms with van der Waals surface area (Å²) in [7, 11) is 0. The standard InChI is InChI=1S/C22H30Cl2N4O/c1-15-11-16(2)13-27(12-15)10-6-9-25-22(29)20-17(3)26-28(21(20)24)14-18-7-4-5-8-19(18)23/h4-5,7-8,15-16H,6,9-14H2,1-3H3,(H,25,29). The maximum atomic E-state index is 12.7. The van der Waals surface area contributed by atoms with Gasteiger partial charge in [0.15, 0.2) is 0 Å². The second-order valence-electron chi connectivity index (χ2n) is 8.32. The maximum absolute atomic E-state index is 12.7. The second-order valence-corrected chi connectivity index (χ2v) is 9.08. The second kappa shape index (κ2) is 9.96. The normalized spacial score (nSPS) is 20.0. The molecule has 1 N–H and O–H groups in total. The SMILES string of the molecule is Cc1nn(Cc2ccccc2Cl)c(Cl)c1C(=O)NCCCN1CC(C)CC(C)C1. The van der Waals surface area contributed by atoms with Gasteiger partial charge in [-0.2, -0.15) is 5.10 Å². The van der Waals surface area contributed by atoms with E-state index in [1.807, 2.05) is 24.3 Å². The Bertz CT molecular complexity index is 841. The summed E-state index contributed by atoms with van der Waals surface area (Å²) in [5, 5.41) is 8.45. The number of nitrogens with zero attached hydrogens (tertiary/aromatic N) is 3. The third-order valence-electron chi connectivity index (χ3n) is 5.45. The Balaban J connectivity index is 1.54. The van der Waals surface area contributed by atoms with Gasteiger partial charge < -0.3 is 10.2 Å². The van der Waals surface area contributed by atoms with Crippen LogP contribution in [0.1, 0.15) is 48.3 Å². The zero-order valence-electron chi connectivity index (χ0n) is 17.4. The molecule has 0 bridgehead atoms. The number of halogens is 2. The lowest BCUT2D eigenvalue weighted by Gasteiger charge is -2.34. The first-order valence-corrected chi connectivity index (χ1v) is 11.1. The summed E-state index contributed by atoms with van der Waals surface area (Å²) in [5.74, 6) is 1.33. The summed E-state index contributed by atoms with van der Waals surface area (Å²) in [6.45, 7) is 10.8. The predicted octanol–water partition coefficient (Wildman–Crippen LogP) is 4.64. The molecule has 0 radical (unpaired) electrons. The lowest BCUT2D eigenvalue weighted by molar-refractivity contribution is 0.0947. The number of hydrogen-bond acceptors (Lipinski definition) is 3. The molecule has 0 spiro atoms. The van der Waals surface area contributed by atoms with Crippen LogP contribution >= 0.6 is 23.2 Å². The van der Waals surface area contributed by atoms with E-state index >= 15 is 0 Å². The van der Waals surface area contributed by atoms with Crippen LogP contribution in [0.4, 0.5) is 0 Å². The van der Waals surface area contributed by atoms with Gasteiger partial charge in [-0.25, -0.2) is 4.68 Å². The Kier molecular flexibility index (Phi) is 7.60. The summed E-state index contributed by atoms with van der Waals surface area (Å²) in [6, 6.07) is 7.56. The highest BCUT2D eigenvalue weighted by Crippen LogP contribution is 2.23. The van der Waals surface area contributed by atoms with Gasteiger partial charge in [0.2, 0.25) is 0 Å². The molecule has 5 nitrogen and oxygen atoms in total. The highest BCUT2D eigenvalue weighted by Gasteiger charge is 2.22. The quantitative estimate of drug-likeness (QED) is 0.642. The van der Waals surface area contributed by atoms with Crippen molar-refractivity contribution in [2.45, 2.75) is 40.2 Å². The van der Waals surface area contributed by atoms with E-state index in [1.54, 1.807) is 11.6 Å². The number of nitrogens with one attached hydrogen (secondary N) is 1. The van der Waals surface area contributed by atoms with E-state index < -0.39 is 0 Å². The Morgan fingerprint density at radius 1 is 1.21 bits per heavy atom. The average molecular weight is 437 g/mol. The van der Waals surface area contributed by atoms with Crippen molar-refractivity contribution >= 4 is 29.1 Å². The molecular formula is C22H30Cl2N4O. The Labute approximate surface area is 183 Å². The van der Waals surface area contributed by atoms with Crippen LogP contribution in [0.15, 0.2) is 24.3 Å². The largest absolute Gasteiger partial charge is 0.352 e. The molecule has 2 aromatic rings. The van der Waals surface area contributed by atoms with Gasteiger partial charge in [-0.15, -0.1) is 0 Å². The van der Waals surface area contributed by atoms with Crippen LogP contribution in [0.5, 0.6) is 0 Å². The van der Waals surface area contributed by atoms with Gasteiger partial charge in [-0.05, 0) is 49.8 Å². The fraction of sp³-hybridized carbons (Fsp3) is 0.545. The van der Waals surface area contributed by atoms with Crippen LogP contribution in [-0.4, -0.2) is 46.8 Å². The third-order valence-corrected chi connectivity index (χ3v) is 6.20. The van der Waals surface area contributed by atoms with Gasteiger partial charge in [-0.1, -0.05) is 55.2 Å². The molecule has 1 saturated heterocycles. The maximum Gasteiger partial charge on any atom is 0.256 e. The van der Waals surface area contributed by atoms with Crippen molar-refractivity contribution in [2.24, 2.45) is 11.8 Å². The number of likely N-dealkylation sites (tertiary alicyclic amines) is 1. The van der Waals surface area contributed by atoms with Crippen molar-refractivity contribution in [1.29, 1.82) is 0 Å². The van der Waals surface area contributed by atoms with Gasteiger partial charge in [0.1, 0.15) is 5.15 Å². The summed E-state index contributed by atoms with van der Waals surface area (Å²) < 4.78 is 1.63. The van der Waals surface area contributed by atoms with Gasteiger partial charge in [0.05, 0.1) is 17.8 Å². The monoisotopic (exact) mass is 436 g/mol. The van der Waals surface area contributed by atoms with Crippen LogP contribution in [0, 0.1) is 18.8 Å². The van der Waals surface area contributed by atoms with E-state index in [1.165, 1.54) is 6.42 Å². The molecule has 1 aliphatic heterocycles. The predicted molar refractivity (Wildman–Crippen MR) is 119 cm³/mol. The van der Waals surface area contributed by atoms with Crippen LogP contribution in [0.2, 0.25) is 10.2 Å². The molecule has 7 heteroatoms. The topological polar surface area (TPSA) is 50.2 Å². The van der Waals surface area contributed by atoms with E-state index in [4.69, 9.17) is 23.2 Å². The molecule has 158 valence electrons. The molecule has 29 heavy (non-hydrogen) atoms. The zero-order chi connectivity index (χ0) is 21.0. The van der Waals surface area contributed by atoms with Crippen molar-refractivity contribution in [3.05, 3.63) is 51.3 Å². The van der Waals surface area contributed by atoms with Gasteiger partial charge in [-0.3, -0.25) is 4.79 Å². The van der Waals surface area contributed by atoms with Crippen molar-refractivity contribution in [3.8, 4) is 0 Å². The number of aromatic nitrogens is 2. The molecule has 0 aliphatic carbocycles. The Morgan fingerprint density at radius 2 is 1.90 bits per heavy atom. The molecule has 1 fully saturated rings. The number of rotatable bonds is 7. The molecule has 1 aliphatic rings. The van der Waals surface area contributed by atoms with Crippen molar-refractivity contribution < 1.29 is 4.79 Å². The number of piperidine rings is 1. The van der Waals surface area contributed by atoms with Crippen molar-refractivity contribution in [2.75, 3.05) is 26.2 Å². The number of aryl methyl sites for hydroxylation is 1. The van der Waals surface area contributed by atoms with E-state index in [9.17, 15) is 4.79 Å². The minimum atomic E-state index is -0.168. The molecular weight excluding hydrogens is 407 g/mol. The first-order valence-electron chi connectivity index (χ1n) is 10.3. The Hall–Kier alpha value is -1.56. The Morgan fingerprint density at radius 3 is 2.59 bits per heavy atom. The summed E-state index contributed by atoms with van der Waals surface area (Å²) in [6.07, 6.45) is 2.23. The molecule has 1 amide bonds. The van der Waals surface area contributed by atoms with Crippen molar-refractivity contribution in [3.63, 3.8) is 0 Å². The summed E-state index contributed by atoms with van der Waals surface area (Å²) >= 11 is 12.7. The molecule has 1 aromatic heterocycles. The van der Waals surface area contributed by atoms with Gasteiger partial charge in [0, 0.05) is 24.7 Å². The molecule has 2 unspecified atom stereocenters. The van der Waals surface area contributed by atoms with E-state index in [2.05, 4.69) is 29.2 Å². The summed E-state index contributed by atoms with van der Waals surface area (Å²) in [4.78, 5) is 15.2. The van der Waals surface area contributed by atoms with E-state index in [-0.39, 0.29) is 5.91 Å². The molecule has 1 aromatic carbocycles. The van der Waals surface area contributed by atoms with Crippen LogP contribution in [-0.2, 0) is 6.54 Å². The molecule has 3 rings (SSSR count). The average Bonchev–Trinajstić information content (AvgIpc) is 2.93. The first-order chi connectivity index (χ1) is 13.8. The minimum absolute atomic E-state index is 0.168. The van der Waals surface area contributed by atoms with E-state index in [0.29, 0.717) is 34.5 Å². The number of hydrogen-bond donors (Lipinski definition) is 1. The summed E-state index contributed by atoms with van der Waals surface area (Å²) in [5.41, 5.74) is 1.98. The van der Waals surface area contributed by atoms with E-state index in [0.717, 1.165) is 43.5 Å². The third kappa shape index (κ3) is 5.74. The minimum Gasteiger partial charge on any atom is -0.352 e. The van der Waals surface area contributed by atoms with Gasteiger partial charge in [0.25, 0.3) is 5.91 Å². The lowest BCUT2D eigenvalue weighted by Crippen LogP contribution is -2.40. The van der Waals surface area contributed by atoms with Gasteiger partial charge >= 0.3 is 0 Å². The lowest BCUT2D eigenvalue weighted by atomic mass is 9.92. The fourth-order valence-corrected chi connectivity index (χ4v) is 4.79. The van der Waals surface area contributed by atoms with Crippen LogP contribution in [0.3, 0.4) is 0 Å². The number of carbonyl (C=O) groups is 1. The van der Waals surface area contributed by atoms with Crippen LogP contribution in [0.25, 0.3) is 0 Å². The van der Waals surface area contributed by atoms with Crippen LogP contribution < -0.4 is 5.32 Å². The number of amides is 1. The van der Waals surface area contributed by atoms with Crippen molar-refractivity contribution in [1.82, 2.24) is 20.0 Å². The first kappa shape index (κ1) is 22.1. The molecule has 0 saturated carbocycles. The number of benzene rings is 1. The number of carbonyl (C=O) groups excluding carboxylic acids is 1. The molecule has 2 heterocycles.